The summed E-state index contributed by atoms with van der Waals surface area (Å²) in [7, 11) is 0. The fourth-order valence-electron chi connectivity index (χ4n) is 1.75. The van der Waals surface area contributed by atoms with E-state index in [0.29, 0.717) is 0 Å². The maximum absolute atomic E-state index is 4.16. The average molecular weight is 261 g/mol. The average Bonchev–Trinajstić information content (AvgIpc) is 2.87. The van der Waals surface area contributed by atoms with Gasteiger partial charge < -0.3 is 9.88 Å². The molecule has 0 radical (unpaired) electrons. The first kappa shape index (κ1) is 13.2. The molecule has 2 rings (SSSR count). The van der Waals surface area contributed by atoms with Crippen LogP contribution in [0.1, 0.15) is 12.6 Å². The van der Waals surface area contributed by atoms with Gasteiger partial charge in [0.15, 0.2) is 0 Å². The number of thioether (sulfide) groups is 1. The van der Waals surface area contributed by atoms with Crippen molar-refractivity contribution in [2.24, 2.45) is 0 Å². The van der Waals surface area contributed by atoms with E-state index in [4.69, 9.17) is 0 Å². The lowest BCUT2D eigenvalue weighted by Gasteiger charge is -2.07. The first-order valence-electron chi connectivity index (χ1n) is 6.27. The Morgan fingerprint density at radius 1 is 1.28 bits per heavy atom. The van der Waals surface area contributed by atoms with Gasteiger partial charge in [-0.3, -0.25) is 0 Å². The molecule has 1 N–H and O–H groups in total. The van der Waals surface area contributed by atoms with Crippen molar-refractivity contribution in [1.82, 2.24) is 14.9 Å². The second-order valence-electron chi connectivity index (χ2n) is 4.01. The van der Waals surface area contributed by atoms with E-state index in [-0.39, 0.29) is 0 Å². The third kappa shape index (κ3) is 3.89. The van der Waals surface area contributed by atoms with Crippen molar-refractivity contribution in [3.05, 3.63) is 48.5 Å². The smallest absolute Gasteiger partial charge is 0.0948 e. The molecule has 0 spiro atoms. The number of aryl methyl sites for hydroxylation is 1. The van der Waals surface area contributed by atoms with E-state index < -0.39 is 0 Å². The Labute approximate surface area is 113 Å². The summed E-state index contributed by atoms with van der Waals surface area (Å²) in [6.07, 6.45) is 3.82. The van der Waals surface area contributed by atoms with Crippen LogP contribution in [0.15, 0.2) is 47.8 Å². The lowest BCUT2D eigenvalue weighted by molar-refractivity contribution is 0.647. The highest BCUT2D eigenvalue weighted by atomic mass is 32.2. The molecule has 0 fully saturated rings. The number of hydrogen-bond donors (Lipinski definition) is 1. The summed E-state index contributed by atoms with van der Waals surface area (Å²) in [5.41, 5.74) is 1.25. The fraction of sp³-hybridized carbons (Fsp3) is 0.357. The molecule has 0 amide bonds. The molecule has 1 aromatic heterocycles. The van der Waals surface area contributed by atoms with Crippen LogP contribution in [-0.4, -0.2) is 21.8 Å². The van der Waals surface area contributed by atoms with E-state index in [1.807, 2.05) is 30.4 Å². The zero-order chi connectivity index (χ0) is 12.6. The van der Waals surface area contributed by atoms with Gasteiger partial charge in [-0.25, -0.2) is 4.98 Å². The summed E-state index contributed by atoms with van der Waals surface area (Å²) in [5.74, 6) is 1.09. The molecular weight excluding hydrogens is 242 g/mol. The van der Waals surface area contributed by atoms with Crippen LogP contribution >= 0.6 is 11.8 Å². The monoisotopic (exact) mass is 261 g/mol. The number of aromatic nitrogens is 2. The Morgan fingerprint density at radius 2 is 2.11 bits per heavy atom. The van der Waals surface area contributed by atoms with Crippen molar-refractivity contribution in [2.75, 3.05) is 12.3 Å². The fourth-order valence-corrected chi connectivity index (χ4v) is 2.59. The first-order chi connectivity index (χ1) is 8.90. The minimum Gasteiger partial charge on any atom is -0.334 e. The quantitative estimate of drug-likeness (QED) is 0.614. The van der Waals surface area contributed by atoms with Crippen LogP contribution in [0.2, 0.25) is 0 Å². The Hall–Kier alpha value is -1.26. The van der Waals surface area contributed by atoms with Crippen LogP contribution in [0.4, 0.5) is 0 Å². The third-order valence-corrected chi connectivity index (χ3v) is 3.75. The van der Waals surface area contributed by atoms with Gasteiger partial charge >= 0.3 is 0 Å². The van der Waals surface area contributed by atoms with Gasteiger partial charge in [-0.05, 0) is 19.1 Å². The molecule has 3 nitrogen and oxygen atoms in total. The van der Waals surface area contributed by atoms with Crippen LogP contribution in [-0.2, 0) is 13.1 Å². The van der Waals surface area contributed by atoms with Gasteiger partial charge in [-0.15, -0.1) is 11.8 Å². The number of imidazole rings is 1. The molecule has 2 aromatic rings. The Morgan fingerprint density at radius 3 is 2.89 bits per heavy atom. The van der Waals surface area contributed by atoms with E-state index in [1.165, 1.54) is 10.6 Å². The van der Waals surface area contributed by atoms with E-state index in [2.05, 4.69) is 46.1 Å². The number of hydrogen-bond acceptors (Lipinski definition) is 3. The first-order valence-corrected chi connectivity index (χ1v) is 7.26. The number of nitrogens with zero attached hydrogens (tertiary/aromatic N) is 2. The summed E-state index contributed by atoms with van der Waals surface area (Å²) in [6, 6.07) is 10.5. The predicted octanol–water partition coefficient (Wildman–Crippen LogP) is 2.78. The van der Waals surface area contributed by atoms with Gasteiger partial charge in [0.25, 0.3) is 0 Å². The Kier molecular flexibility index (Phi) is 5.30. The van der Waals surface area contributed by atoms with Crippen molar-refractivity contribution in [3.8, 4) is 0 Å². The second-order valence-corrected chi connectivity index (χ2v) is 5.18. The predicted molar refractivity (Wildman–Crippen MR) is 76.8 cm³/mol. The molecule has 0 saturated heterocycles. The third-order valence-electron chi connectivity index (χ3n) is 2.74. The van der Waals surface area contributed by atoms with Gasteiger partial charge in [0.2, 0.25) is 0 Å². The molecule has 0 bridgehead atoms. The molecule has 0 aliphatic rings. The largest absolute Gasteiger partial charge is 0.334 e. The second kappa shape index (κ2) is 7.24. The number of benzene rings is 1. The van der Waals surface area contributed by atoms with Crippen LogP contribution < -0.4 is 5.32 Å². The van der Waals surface area contributed by atoms with Gasteiger partial charge in [0.05, 0.1) is 12.0 Å². The minimum absolute atomic E-state index is 0.892. The van der Waals surface area contributed by atoms with Gasteiger partial charge in [-0.1, -0.05) is 18.2 Å². The van der Waals surface area contributed by atoms with Crippen molar-refractivity contribution in [3.63, 3.8) is 0 Å². The maximum Gasteiger partial charge on any atom is 0.0948 e. The Balaban J connectivity index is 1.65. The van der Waals surface area contributed by atoms with Gasteiger partial charge in [0, 0.05) is 36.5 Å². The van der Waals surface area contributed by atoms with Crippen molar-refractivity contribution in [2.45, 2.75) is 24.9 Å². The molecule has 96 valence electrons. The van der Waals surface area contributed by atoms with E-state index >= 15 is 0 Å². The van der Waals surface area contributed by atoms with Crippen LogP contribution in [0.5, 0.6) is 0 Å². The van der Waals surface area contributed by atoms with Crippen molar-refractivity contribution < 1.29 is 0 Å². The normalized spacial score (nSPS) is 10.7. The highest BCUT2D eigenvalue weighted by molar-refractivity contribution is 7.99. The molecule has 0 unspecified atom stereocenters. The van der Waals surface area contributed by atoms with Crippen LogP contribution in [0.25, 0.3) is 0 Å². The zero-order valence-electron chi connectivity index (χ0n) is 10.7. The summed E-state index contributed by atoms with van der Waals surface area (Å²) in [4.78, 5) is 5.49. The number of rotatable bonds is 7. The maximum atomic E-state index is 4.16. The summed E-state index contributed by atoms with van der Waals surface area (Å²) >= 11 is 1.88. The molecule has 1 aromatic carbocycles. The van der Waals surface area contributed by atoms with E-state index in [1.54, 1.807) is 0 Å². The van der Waals surface area contributed by atoms with E-state index in [9.17, 15) is 0 Å². The molecule has 0 atom stereocenters. The lowest BCUT2D eigenvalue weighted by Crippen LogP contribution is -2.18. The molecule has 1 heterocycles. The van der Waals surface area contributed by atoms with Crippen LogP contribution in [0, 0.1) is 0 Å². The topological polar surface area (TPSA) is 29.9 Å². The molecule has 4 heteroatoms. The molecule has 0 saturated carbocycles. The molecule has 0 aliphatic carbocycles. The molecule has 0 aliphatic heterocycles. The minimum atomic E-state index is 0.892. The van der Waals surface area contributed by atoms with Crippen molar-refractivity contribution in [1.29, 1.82) is 0 Å². The standard InChI is InChI=1S/C14H19N3S/c1-2-17-12-16-11-13(17)10-15-8-9-18-14-6-4-3-5-7-14/h3-7,11-12,15H,2,8-10H2,1H3. The van der Waals surface area contributed by atoms with Crippen molar-refractivity contribution >= 4 is 11.8 Å². The lowest BCUT2D eigenvalue weighted by atomic mass is 10.4. The highest BCUT2D eigenvalue weighted by Gasteiger charge is 1.99. The van der Waals surface area contributed by atoms with Gasteiger partial charge in [-0.2, -0.15) is 0 Å². The van der Waals surface area contributed by atoms with E-state index in [0.717, 1.165) is 25.4 Å². The number of nitrogens with one attached hydrogen (secondary N) is 1. The van der Waals surface area contributed by atoms with Crippen LogP contribution in [0.3, 0.4) is 0 Å². The Bertz CT molecular complexity index is 453. The summed E-state index contributed by atoms with van der Waals surface area (Å²) in [5, 5.41) is 3.45. The molecule has 18 heavy (non-hydrogen) atoms. The zero-order valence-corrected chi connectivity index (χ0v) is 11.5. The molecular formula is C14H19N3S. The summed E-state index contributed by atoms with van der Waals surface area (Å²) < 4.78 is 2.16. The SMILES string of the molecule is CCn1cncc1CNCCSc1ccccc1. The highest BCUT2D eigenvalue weighted by Crippen LogP contribution is 2.15. The summed E-state index contributed by atoms with van der Waals surface area (Å²) in [6.45, 7) is 5.02. The van der Waals surface area contributed by atoms with Gasteiger partial charge in [0.1, 0.15) is 0 Å².